The standard InChI is InChI=1S/C18H23N/c1-19(2)18(12-6-3-7-13-18)17-11-10-15-8-4-5-9-16(15)14-17/h4-5,8-11,14H,3,6-7,12-13H2,1-2H3. The fourth-order valence-electron chi connectivity index (χ4n) is 3.61. The third-order valence-corrected chi connectivity index (χ3v) is 4.82. The summed E-state index contributed by atoms with van der Waals surface area (Å²) in [5.41, 5.74) is 1.75. The first-order valence-corrected chi connectivity index (χ1v) is 7.39. The first kappa shape index (κ1) is 12.7. The molecule has 0 bridgehead atoms. The number of rotatable bonds is 2. The minimum absolute atomic E-state index is 0.252. The molecule has 1 heteroatoms. The third kappa shape index (κ3) is 2.17. The van der Waals surface area contributed by atoms with Crippen molar-refractivity contribution in [3.63, 3.8) is 0 Å². The molecule has 0 saturated heterocycles. The van der Waals surface area contributed by atoms with E-state index in [-0.39, 0.29) is 5.54 Å². The molecule has 1 aliphatic carbocycles. The van der Waals surface area contributed by atoms with Gasteiger partial charge in [-0.25, -0.2) is 0 Å². The van der Waals surface area contributed by atoms with Gasteiger partial charge in [0.15, 0.2) is 0 Å². The molecule has 2 aromatic rings. The Labute approximate surface area is 116 Å². The number of hydrogen-bond donors (Lipinski definition) is 0. The quantitative estimate of drug-likeness (QED) is 0.758. The van der Waals surface area contributed by atoms with Crippen molar-refractivity contribution in [1.82, 2.24) is 4.90 Å². The monoisotopic (exact) mass is 253 g/mol. The molecule has 2 aromatic carbocycles. The molecule has 3 rings (SSSR count). The molecule has 0 N–H and O–H groups in total. The fourth-order valence-corrected chi connectivity index (χ4v) is 3.61. The zero-order valence-electron chi connectivity index (χ0n) is 12.0. The van der Waals surface area contributed by atoms with Crippen LogP contribution >= 0.6 is 0 Å². The Morgan fingerprint density at radius 2 is 1.53 bits per heavy atom. The van der Waals surface area contributed by atoms with Gasteiger partial charge in [-0.15, -0.1) is 0 Å². The number of hydrogen-bond acceptors (Lipinski definition) is 1. The maximum Gasteiger partial charge on any atom is 0.0455 e. The summed E-state index contributed by atoms with van der Waals surface area (Å²) in [6, 6.07) is 15.7. The van der Waals surface area contributed by atoms with Crippen molar-refractivity contribution in [2.75, 3.05) is 14.1 Å². The van der Waals surface area contributed by atoms with E-state index in [2.05, 4.69) is 61.5 Å². The van der Waals surface area contributed by atoms with Crippen LogP contribution in [0.5, 0.6) is 0 Å². The molecule has 100 valence electrons. The van der Waals surface area contributed by atoms with Gasteiger partial charge in [0.1, 0.15) is 0 Å². The Balaban J connectivity index is 2.09. The lowest BCUT2D eigenvalue weighted by atomic mass is 9.75. The van der Waals surface area contributed by atoms with E-state index in [1.807, 2.05) is 0 Å². The van der Waals surface area contributed by atoms with E-state index < -0.39 is 0 Å². The van der Waals surface area contributed by atoms with Crippen molar-refractivity contribution in [1.29, 1.82) is 0 Å². The van der Waals surface area contributed by atoms with Gasteiger partial charge in [0.25, 0.3) is 0 Å². The molecule has 1 saturated carbocycles. The Morgan fingerprint density at radius 1 is 0.842 bits per heavy atom. The summed E-state index contributed by atoms with van der Waals surface area (Å²) in [5, 5.41) is 2.71. The van der Waals surface area contributed by atoms with Crippen molar-refractivity contribution in [3.8, 4) is 0 Å². The lowest BCUT2D eigenvalue weighted by Crippen LogP contribution is -2.43. The molecule has 0 unspecified atom stereocenters. The fraction of sp³-hybridized carbons (Fsp3) is 0.444. The van der Waals surface area contributed by atoms with Crippen LogP contribution in [0.3, 0.4) is 0 Å². The molecule has 19 heavy (non-hydrogen) atoms. The summed E-state index contributed by atoms with van der Waals surface area (Å²) < 4.78 is 0. The average molecular weight is 253 g/mol. The molecule has 0 heterocycles. The molecular weight excluding hydrogens is 230 g/mol. The predicted molar refractivity (Wildman–Crippen MR) is 82.4 cm³/mol. The maximum absolute atomic E-state index is 2.44. The highest BCUT2D eigenvalue weighted by molar-refractivity contribution is 5.83. The van der Waals surface area contributed by atoms with Gasteiger partial charge in [0, 0.05) is 5.54 Å². The van der Waals surface area contributed by atoms with E-state index in [9.17, 15) is 0 Å². The smallest absolute Gasteiger partial charge is 0.0455 e. The first-order valence-electron chi connectivity index (χ1n) is 7.39. The lowest BCUT2D eigenvalue weighted by molar-refractivity contribution is 0.0990. The van der Waals surface area contributed by atoms with E-state index in [4.69, 9.17) is 0 Å². The second kappa shape index (κ2) is 4.97. The van der Waals surface area contributed by atoms with Crippen LogP contribution < -0.4 is 0 Å². The normalized spacial score (nSPS) is 18.9. The summed E-state index contributed by atoms with van der Waals surface area (Å²) in [7, 11) is 4.47. The highest BCUT2D eigenvalue weighted by atomic mass is 15.1. The molecular formula is C18H23N. The lowest BCUT2D eigenvalue weighted by Gasteiger charge is -2.43. The minimum atomic E-state index is 0.252. The van der Waals surface area contributed by atoms with Gasteiger partial charge in [-0.05, 0) is 49.3 Å². The molecule has 1 fully saturated rings. The molecule has 0 atom stereocenters. The van der Waals surface area contributed by atoms with Gasteiger partial charge < -0.3 is 0 Å². The van der Waals surface area contributed by atoms with Crippen LogP contribution in [0.2, 0.25) is 0 Å². The summed E-state index contributed by atoms with van der Waals surface area (Å²) >= 11 is 0. The summed E-state index contributed by atoms with van der Waals surface area (Å²) in [4.78, 5) is 2.44. The van der Waals surface area contributed by atoms with Gasteiger partial charge in [-0.3, -0.25) is 4.90 Å². The van der Waals surface area contributed by atoms with Crippen LogP contribution in [-0.2, 0) is 5.54 Å². The summed E-state index contributed by atoms with van der Waals surface area (Å²) in [6.07, 6.45) is 6.68. The van der Waals surface area contributed by atoms with Gasteiger partial charge in [-0.2, -0.15) is 0 Å². The third-order valence-electron chi connectivity index (χ3n) is 4.82. The molecule has 0 spiro atoms. The number of nitrogens with zero attached hydrogens (tertiary/aromatic N) is 1. The molecule has 0 radical (unpaired) electrons. The Kier molecular flexibility index (Phi) is 3.32. The largest absolute Gasteiger partial charge is 0.300 e. The second-order valence-electron chi connectivity index (χ2n) is 6.05. The van der Waals surface area contributed by atoms with Crippen molar-refractivity contribution in [2.45, 2.75) is 37.6 Å². The summed E-state index contributed by atoms with van der Waals surface area (Å²) in [6.45, 7) is 0. The number of fused-ring (bicyclic) bond motifs is 1. The molecule has 0 aromatic heterocycles. The highest BCUT2D eigenvalue weighted by Crippen LogP contribution is 2.41. The van der Waals surface area contributed by atoms with E-state index in [0.29, 0.717) is 0 Å². The Morgan fingerprint density at radius 3 is 2.21 bits per heavy atom. The average Bonchev–Trinajstić information content (AvgIpc) is 2.47. The molecule has 1 aliphatic rings. The van der Waals surface area contributed by atoms with E-state index in [0.717, 1.165) is 0 Å². The Bertz CT molecular complexity index is 565. The van der Waals surface area contributed by atoms with Crippen LogP contribution in [0.25, 0.3) is 10.8 Å². The van der Waals surface area contributed by atoms with Crippen LogP contribution in [-0.4, -0.2) is 19.0 Å². The molecule has 0 amide bonds. The van der Waals surface area contributed by atoms with Crippen molar-refractivity contribution in [3.05, 3.63) is 48.0 Å². The minimum Gasteiger partial charge on any atom is -0.300 e. The predicted octanol–water partition coefficient (Wildman–Crippen LogP) is 4.56. The van der Waals surface area contributed by atoms with Crippen LogP contribution in [0.15, 0.2) is 42.5 Å². The van der Waals surface area contributed by atoms with Gasteiger partial charge in [0.05, 0.1) is 0 Å². The highest BCUT2D eigenvalue weighted by Gasteiger charge is 2.35. The maximum atomic E-state index is 2.44. The van der Waals surface area contributed by atoms with E-state index in [1.165, 1.54) is 48.4 Å². The van der Waals surface area contributed by atoms with Crippen LogP contribution in [0.4, 0.5) is 0 Å². The second-order valence-corrected chi connectivity index (χ2v) is 6.05. The zero-order valence-corrected chi connectivity index (χ0v) is 12.0. The van der Waals surface area contributed by atoms with Gasteiger partial charge in [-0.1, -0.05) is 55.7 Å². The van der Waals surface area contributed by atoms with Crippen LogP contribution in [0, 0.1) is 0 Å². The summed E-state index contributed by atoms with van der Waals surface area (Å²) in [5.74, 6) is 0. The van der Waals surface area contributed by atoms with Crippen molar-refractivity contribution < 1.29 is 0 Å². The van der Waals surface area contributed by atoms with Crippen molar-refractivity contribution in [2.24, 2.45) is 0 Å². The zero-order chi connectivity index (χ0) is 13.3. The van der Waals surface area contributed by atoms with Gasteiger partial charge >= 0.3 is 0 Å². The number of benzene rings is 2. The van der Waals surface area contributed by atoms with E-state index in [1.54, 1.807) is 0 Å². The van der Waals surface area contributed by atoms with Crippen molar-refractivity contribution >= 4 is 10.8 Å². The first-order chi connectivity index (χ1) is 9.22. The molecule has 1 nitrogen and oxygen atoms in total. The molecule has 0 aliphatic heterocycles. The van der Waals surface area contributed by atoms with Gasteiger partial charge in [0.2, 0.25) is 0 Å². The Hall–Kier alpha value is -1.34. The van der Waals surface area contributed by atoms with Crippen LogP contribution in [0.1, 0.15) is 37.7 Å². The van der Waals surface area contributed by atoms with E-state index >= 15 is 0 Å². The topological polar surface area (TPSA) is 3.24 Å². The SMILES string of the molecule is CN(C)C1(c2ccc3ccccc3c2)CCCCC1.